The van der Waals surface area contributed by atoms with Gasteiger partial charge in [0.2, 0.25) is 5.91 Å². The number of methoxy groups -OCH3 is 1. The van der Waals surface area contributed by atoms with E-state index >= 15 is 0 Å². The first-order chi connectivity index (χ1) is 12.7. The molecule has 0 aliphatic carbocycles. The third-order valence-corrected chi connectivity index (χ3v) is 4.38. The van der Waals surface area contributed by atoms with Crippen LogP contribution in [0.5, 0.6) is 0 Å². The zero-order valence-corrected chi connectivity index (χ0v) is 15.8. The number of nitrogens with zero attached hydrogens (tertiary/aromatic N) is 3. The number of esters is 1. The molecule has 10 heteroatoms. The summed E-state index contributed by atoms with van der Waals surface area (Å²) in [6.07, 6.45) is -0.108. The maximum Gasteiger partial charge on any atom is 0.312 e. The second-order valence-corrected chi connectivity index (χ2v) is 6.26. The molecule has 1 aromatic carbocycles. The van der Waals surface area contributed by atoms with Gasteiger partial charge in [-0.2, -0.15) is 5.10 Å². The number of amides is 1. The molecule has 2 aromatic rings. The fourth-order valence-corrected chi connectivity index (χ4v) is 3.00. The molecule has 0 fully saturated rings. The number of benzene rings is 1. The van der Waals surface area contributed by atoms with E-state index in [1.165, 1.54) is 25.6 Å². The Labute approximate surface area is 160 Å². The van der Waals surface area contributed by atoms with Crippen LogP contribution in [0.1, 0.15) is 29.4 Å². The van der Waals surface area contributed by atoms with Gasteiger partial charge in [0, 0.05) is 5.02 Å². The summed E-state index contributed by atoms with van der Waals surface area (Å²) in [6, 6.07) is 6.12. The molecule has 1 atom stereocenters. The Morgan fingerprint density at radius 2 is 2.04 bits per heavy atom. The summed E-state index contributed by atoms with van der Waals surface area (Å²) >= 11 is 6.18. The number of aryl methyl sites for hydroxylation is 1. The summed E-state index contributed by atoms with van der Waals surface area (Å²) in [7, 11) is 1.25. The lowest BCUT2D eigenvalue weighted by molar-refractivity contribution is -0.386. The molecule has 144 valence electrons. The monoisotopic (exact) mass is 394 g/mol. The molecule has 1 aromatic heterocycles. The van der Waals surface area contributed by atoms with Crippen molar-refractivity contribution in [1.82, 2.24) is 15.1 Å². The van der Waals surface area contributed by atoms with E-state index in [2.05, 4.69) is 15.2 Å². The van der Waals surface area contributed by atoms with Crippen LogP contribution in [0.4, 0.5) is 5.69 Å². The molecule has 1 unspecified atom stereocenters. The lowest BCUT2D eigenvalue weighted by Gasteiger charge is -2.19. The molecule has 0 radical (unpaired) electrons. The van der Waals surface area contributed by atoms with Gasteiger partial charge in [-0.15, -0.1) is 0 Å². The van der Waals surface area contributed by atoms with E-state index in [0.717, 1.165) is 0 Å². The van der Waals surface area contributed by atoms with E-state index in [-0.39, 0.29) is 30.0 Å². The van der Waals surface area contributed by atoms with Crippen molar-refractivity contribution >= 4 is 29.2 Å². The summed E-state index contributed by atoms with van der Waals surface area (Å²) in [5.74, 6) is -0.980. The van der Waals surface area contributed by atoms with E-state index in [1.807, 2.05) is 0 Å². The van der Waals surface area contributed by atoms with Crippen molar-refractivity contribution < 1.29 is 19.2 Å². The summed E-state index contributed by atoms with van der Waals surface area (Å²) < 4.78 is 5.94. The first kappa shape index (κ1) is 20.4. The van der Waals surface area contributed by atoms with Crippen LogP contribution in [0.15, 0.2) is 24.3 Å². The van der Waals surface area contributed by atoms with Gasteiger partial charge in [-0.3, -0.25) is 24.4 Å². The maximum atomic E-state index is 12.5. The number of carbonyl (C=O) groups is 2. The minimum Gasteiger partial charge on any atom is -0.469 e. The van der Waals surface area contributed by atoms with E-state index < -0.39 is 22.8 Å². The van der Waals surface area contributed by atoms with Crippen molar-refractivity contribution in [1.29, 1.82) is 0 Å². The molecule has 0 aliphatic heterocycles. The molecule has 0 bridgehead atoms. The number of nitro groups is 1. The van der Waals surface area contributed by atoms with E-state index in [4.69, 9.17) is 11.6 Å². The van der Waals surface area contributed by atoms with Gasteiger partial charge in [-0.25, -0.2) is 0 Å². The van der Waals surface area contributed by atoms with Gasteiger partial charge in [0.05, 0.1) is 24.5 Å². The Morgan fingerprint density at radius 3 is 2.59 bits per heavy atom. The van der Waals surface area contributed by atoms with Gasteiger partial charge in [-0.05, 0) is 25.5 Å². The Kier molecular flexibility index (Phi) is 6.51. The SMILES string of the molecule is COC(=O)CC(NC(=O)Cn1nc(C)c([N+](=O)[O-])c1C)c1ccccc1Cl. The molecule has 0 saturated carbocycles. The van der Waals surface area contributed by atoms with Crippen LogP contribution in [0.2, 0.25) is 5.02 Å². The quantitative estimate of drug-likeness (QED) is 0.438. The highest BCUT2D eigenvalue weighted by Crippen LogP contribution is 2.26. The van der Waals surface area contributed by atoms with Crippen LogP contribution < -0.4 is 5.32 Å². The Bertz CT molecular complexity index is 880. The second-order valence-electron chi connectivity index (χ2n) is 5.86. The topological polar surface area (TPSA) is 116 Å². The van der Waals surface area contributed by atoms with Crippen molar-refractivity contribution in [3.05, 3.63) is 56.4 Å². The molecule has 1 heterocycles. The number of ether oxygens (including phenoxy) is 1. The third-order valence-electron chi connectivity index (χ3n) is 4.03. The van der Waals surface area contributed by atoms with E-state index in [1.54, 1.807) is 24.3 Å². The van der Waals surface area contributed by atoms with Crippen molar-refractivity contribution in [3.8, 4) is 0 Å². The van der Waals surface area contributed by atoms with Crippen LogP contribution in [-0.4, -0.2) is 33.7 Å². The number of carbonyl (C=O) groups excluding carboxylic acids is 2. The van der Waals surface area contributed by atoms with Crippen molar-refractivity contribution in [2.24, 2.45) is 0 Å². The number of hydrogen-bond acceptors (Lipinski definition) is 6. The fourth-order valence-electron chi connectivity index (χ4n) is 2.73. The summed E-state index contributed by atoms with van der Waals surface area (Å²) in [4.78, 5) is 34.7. The Hall–Kier alpha value is -2.94. The van der Waals surface area contributed by atoms with Crippen LogP contribution in [0, 0.1) is 24.0 Å². The average molecular weight is 395 g/mol. The first-order valence-corrected chi connectivity index (χ1v) is 8.41. The number of aromatic nitrogens is 2. The minimum atomic E-state index is -0.703. The standard InChI is InChI=1S/C17H19ClN4O5/c1-10-17(22(25)26)11(2)21(20-10)9-15(23)19-14(8-16(24)27-3)12-6-4-5-7-13(12)18/h4-7,14H,8-9H2,1-3H3,(H,19,23). The smallest absolute Gasteiger partial charge is 0.312 e. The van der Waals surface area contributed by atoms with Gasteiger partial charge in [0.1, 0.15) is 17.9 Å². The van der Waals surface area contributed by atoms with Crippen molar-refractivity contribution in [2.75, 3.05) is 7.11 Å². The highest BCUT2D eigenvalue weighted by molar-refractivity contribution is 6.31. The number of hydrogen-bond donors (Lipinski definition) is 1. The number of nitrogens with one attached hydrogen (secondary N) is 1. The fraction of sp³-hybridized carbons (Fsp3) is 0.353. The van der Waals surface area contributed by atoms with Crippen molar-refractivity contribution in [2.45, 2.75) is 32.9 Å². The van der Waals surface area contributed by atoms with Crippen LogP contribution in [0.25, 0.3) is 0 Å². The Morgan fingerprint density at radius 1 is 1.37 bits per heavy atom. The Balaban J connectivity index is 2.21. The molecule has 1 N–H and O–H groups in total. The zero-order valence-electron chi connectivity index (χ0n) is 15.1. The highest BCUT2D eigenvalue weighted by Gasteiger charge is 2.25. The molecule has 9 nitrogen and oxygen atoms in total. The van der Waals surface area contributed by atoms with Gasteiger partial charge in [0.15, 0.2) is 0 Å². The normalized spacial score (nSPS) is 11.7. The maximum absolute atomic E-state index is 12.5. The van der Waals surface area contributed by atoms with Gasteiger partial charge in [-0.1, -0.05) is 29.8 Å². The molecule has 27 heavy (non-hydrogen) atoms. The minimum absolute atomic E-state index is 0.108. The molecule has 0 aliphatic rings. The predicted octanol–water partition coefficient (Wildman–Crippen LogP) is 2.48. The molecule has 1 amide bonds. The highest BCUT2D eigenvalue weighted by atomic mass is 35.5. The van der Waals surface area contributed by atoms with E-state index in [0.29, 0.717) is 10.6 Å². The largest absolute Gasteiger partial charge is 0.469 e. The lowest BCUT2D eigenvalue weighted by Crippen LogP contribution is -2.33. The zero-order chi connectivity index (χ0) is 20.1. The predicted molar refractivity (Wildman–Crippen MR) is 97.3 cm³/mol. The van der Waals surface area contributed by atoms with E-state index in [9.17, 15) is 19.7 Å². The summed E-state index contributed by atoms with van der Waals surface area (Å²) in [6.45, 7) is 2.79. The molecular formula is C17H19ClN4O5. The second kappa shape index (κ2) is 8.63. The summed E-state index contributed by atoms with van der Waals surface area (Å²) in [5, 5.41) is 18.2. The van der Waals surface area contributed by atoms with Gasteiger partial charge < -0.3 is 10.1 Å². The number of rotatable bonds is 7. The van der Waals surface area contributed by atoms with Crippen molar-refractivity contribution in [3.63, 3.8) is 0 Å². The van der Waals surface area contributed by atoms with Crippen LogP contribution in [0.3, 0.4) is 0 Å². The molecule has 0 spiro atoms. The van der Waals surface area contributed by atoms with Crippen LogP contribution in [-0.2, 0) is 20.9 Å². The molecule has 0 saturated heterocycles. The average Bonchev–Trinajstić information content (AvgIpc) is 2.88. The molecule has 2 rings (SSSR count). The number of halogens is 1. The molecular weight excluding hydrogens is 376 g/mol. The van der Waals surface area contributed by atoms with Gasteiger partial charge >= 0.3 is 11.7 Å². The van der Waals surface area contributed by atoms with Crippen LogP contribution >= 0.6 is 11.6 Å². The third kappa shape index (κ3) is 4.82. The first-order valence-electron chi connectivity index (χ1n) is 8.03. The summed E-state index contributed by atoms with van der Waals surface area (Å²) in [5.41, 5.74) is 0.940. The lowest BCUT2D eigenvalue weighted by atomic mass is 10.0. The van der Waals surface area contributed by atoms with Gasteiger partial charge in [0.25, 0.3) is 0 Å².